The first-order valence-electron chi connectivity index (χ1n) is 11.8. The summed E-state index contributed by atoms with van der Waals surface area (Å²) in [7, 11) is 0. The Morgan fingerprint density at radius 3 is 2.00 bits per heavy atom. The van der Waals surface area contributed by atoms with Crippen molar-refractivity contribution in [3.8, 4) is 5.75 Å². The van der Waals surface area contributed by atoms with Crippen LogP contribution in [0.1, 0.15) is 110 Å². The largest absolute Gasteiger partial charge is 0.508 e. The van der Waals surface area contributed by atoms with Gasteiger partial charge in [0.25, 0.3) is 0 Å². The molecule has 0 bridgehead atoms. The maximum Gasteiger partial charge on any atom is 0.115 e. The molecule has 0 aromatic heterocycles. The van der Waals surface area contributed by atoms with Crippen molar-refractivity contribution in [3.63, 3.8) is 0 Å². The van der Waals surface area contributed by atoms with Gasteiger partial charge in [0.05, 0.1) is 0 Å². The first-order valence-corrected chi connectivity index (χ1v) is 11.8. The number of benzene rings is 1. The van der Waals surface area contributed by atoms with Crippen molar-refractivity contribution >= 4 is 0 Å². The number of rotatable bonds is 16. The van der Waals surface area contributed by atoms with E-state index < -0.39 is 0 Å². The highest BCUT2D eigenvalue weighted by atomic mass is 16.3. The summed E-state index contributed by atoms with van der Waals surface area (Å²) in [6.07, 6.45) is 17.7. The van der Waals surface area contributed by atoms with E-state index in [9.17, 15) is 5.11 Å². The van der Waals surface area contributed by atoms with E-state index in [2.05, 4.69) is 33.8 Å². The van der Waals surface area contributed by atoms with Gasteiger partial charge in [-0.05, 0) is 54.7 Å². The van der Waals surface area contributed by atoms with E-state index in [0.29, 0.717) is 5.75 Å². The maximum absolute atomic E-state index is 9.49. The van der Waals surface area contributed by atoms with Gasteiger partial charge in [-0.3, -0.25) is 0 Å². The second-order valence-electron chi connectivity index (χ2n) is 9.22. The number of phenols is 1. The third-order valence-corrected chi connectivity index (χ3v) is 6.22. The minimum atomic E-state index is 0.395. The van der Waals surface area contributed by atoms with Crippen molar-refractivity contribution in [1.82, 2.24) is 0 Å². The zero-order valence-corrected chi connectivity index (χ0v) is 18.7. The molecule has 0 aliphatic rings. The van der Waals surface area contributed by atoms with Gasteiger partial charge in [0.15, 0.2) is 0 Å². The standard InChI is InChI=1S/C26H46O/c1-5-22(2)20-24(4)16-12-11-15-23(3)14-9-7-6-8-10-17-25-18-13-19-26(27)21-25/h13,18-19,21-24,27H,5-12,14-17,20H2,1-4H3/t22-,23+,24-/m1/s1. The molecule has 1 aromatic rings. The molecule has 1 aromatic carbocycles. The zero-order valence-electron chi connectivity index (χ0n) is 18.7. The Labute approximate surface area is 170 Å². The molecule has 1 nitrogen and oxygen atoms in total. The van der Waals surface area contributed by atoms with Crippen LogP contribution in [0.3, 0.4) is 0 Å². The molecule has 1 rings (SSSR count). The Hall–Kier alpha value is -0.980. The molecule has 1 heteroatoms. The lowest BCUT2D eigenvalue weighted by atomic mass is 9.90. The molecular weight excluding hydrogens is 328 g/mol. The van der Waals surface area contributed by atoms with Crippen LogP contribution in [0.25, 0.3) is 0 Å². The molecule has 0 radical (unpaired) electrons. The number of phenolic OH excluding ortho intramolecular Hbond substituents is 1. The molecule has 0 saturated heterocycles. The Balaban J connectivity index is 1.91. The van der Waals surface area contributed by atoms with Crippen molar-refractivity contribution in [2.24, 2.45) is 17.8 Å². The molecule has 156 valence electrons. The van der Waals surface area contributed by atoms with E-state index in [1.807, 2.05) is 12.1 Å². The highest BCUT2D eigenvalue weighted by Crippen LogP contribution is 2.22. The zero-order chi connectivity index (χ0) is 19.9. The normalized spacial score (nSPS) is 14.8. The number of hydrogen-bond acceptors (Lipinski definition) is 1. The third kappa shape index (κ3) is 12.9. The van der Waals surface area contributed by atoms with E-state index in [-0.39, 0.29) is 0 Å². The van der Waals surface area contributed by atoms with Gasteiger partial charge in [-0.2, -0.15) is 0 Å². The van der Waals surface area contributed by atoms with Crippen LogP contribution >= 0.6 is 0 Å². The molecule has 0 aliphatic carbocycles. The topological polar surface area (TPSA) is 20.2 Å². The van der Waals surface area contributed by atoms with Gasteiger partial charge in [0, 0.05) is 0 Å². The average molecular weight is 375 g/mol. The fraction of sp³-hybridized carbons (Fsp3) is 0.769. The Bertz CT molecular complexity index is 467. The summed E-state index contributed by atoms with van der Waals surface area (Å²) in [5.74, 6) is 3.11. The first kappa shape index (κ1) is 24.1. The van der Waals surface area contributed by atoms with Crippen LogP contribution in [0.15, 0.2) is 24.3 Å². The van der Waals surface area contributed by atoms with Crippen LogP contribution in [0.2, 0.25) is 0 Å². The molecule has 0 fully saturated rings. The predicted octanol–water partition coefficient (Wildman–Crippen LogP) is 8.54. The van der Waals surface area contributed by atoms with Crippen molar-refractivity contribution in [3.05, 3.63) is 29.8 Å². The molecule has 0 unspecified atom stereocenters. The molecule has 0 saturated carbocycles. The summed E-state index contributed by atoms with van der Waals surface area (Å²) < 4.78 is 0. The number of unbranched alkanes of at least 4 members (excludes halogenated alkanes) is 5. The lowest BCUT2D eigenvalue weighted by Gasteiger charge is -2.16. The van der Waals surface area contributed by atoms with Gasteiger partial charge in [0.2, 0.25) is 0 Å². The van der Waals surface area contributed by atoms with Crippen molar-refractivity contribution in [1.29, 1.82) is 0 Å². The lowest BCUT2D eigenvalue weighted by molar-refractivity contribution is 0.364. The predicted molar refractivity (Wildman–Crippen MR) is 120 cm³/mol. The quantitative estimate of drug-likeness (QED) is 0.287. The van der Waals surface area contributed by atoms with Crippen LogP contribution in [0.5, 0.6) is 5.75 Å². The smallest absolute Gasteiger partial charge is 0.115 e. The summed E-state index contributed by atoms with van der Waals surface area (Å²) in [5, 5.41) is 9.49. The third-order valence-electron chi connectivity index (χ3n) is 6.22. The highest BCUT2D eigenvalue weighted by molar-refractivity contribution is 5.27. The molecule has 1 N–H and O–H groups in total. The summed E-state index contributed by atoms with van der Waals surface area (Å²) in [5.41, 5.74) is 1.27. The van der Waals surface area contributed by atoms with Gasteiger partial charge < -0.3 is 5.11 Å². The monoisotopic (exact) mass is 374 g/mol. The van der Waals surface area contributed by atoms with Gasteiger partial charge in [-0.25, -0.2) is 0 Å². The first-order chi connectivity index (χ1) is 13.0. The minimum absolute atomic E-state index is 0.395. The van der Waals surface area contributed by atoms with Crippen LogP contribution in [0.4, 0.5) is 0 Å². The number of aromatic hydroxyl groups is 1. The summed E-state index contributed by atoms with van der Waals surface area (Å²) >= 11 is 0. The second kappa shape index (κ2) is 15.0. The van der Waals surface area contributed by atoms with Gasteiger partial charge >= 0.3 is 0 Å². The molecule has 0 spiro atoms. The Kier molecular flexibility index (Phi) is 13.4. The van der Waals surface area contributed by atoms with E-state index in [4.69, 9.17) is 0 Å². The van der Waals surface area contributed by atoms with Crippen molar-refractivity contribution < 1.29 is 5.11 Å². The molecule has 0 amide bonds. The van der Waals surface area contributed by atoms with Gasteiger partial charge in [-0.15, -0.1) is 0 Å². The van der Waals surface area contributed by atoms with Gasteiger partial charge in [0.1, 0.15) is 5.75 Å². The van der Waals surface area contributed by atoms with E-state index in [1.165, 1.54) is 82.6 Å². The maximum atomic E-state index is 9.49. The van der Waals surface area contributed by atoms with Crippen molar-refractivity contribution in [2.75, 3.05) is 0 Å². The molecular formula is C26H46O. The van der Waals surface area contributed by atoms with Crippen LogP contribution in [-0.2, 0) is 6.42 Å². The molecule has 0 aliphatic heterocycles. The second-order valence-corrected chi connectivity index (χ2v) is 9.22. The summed E-state index contributed by atoms with van der Waals surface area (Å²) in [6, 6.07) is 7.70. The molecule has 27 heavy (non-hydrogen) atoms. The lowest BCUT2D eigenvalue weighted by Crippen LogP contribution is -2.03. The van der Waals surface area contributed by atoms with Crippen LogP contribution < -0.4 is 0 Å². The van der Waals surface area contributed by atoms with Crippen LogP contribution in [-0.4, -0.2) is 5.11 Å². The van der Waals surface area contributed by atoms with E-state index in [0.717, 1.165) is 24.2 Å². The SMILES string of the molecule is CC[C@@H](C)C[C@H](C)CCCC[C@@H](C)CCCCCCCc1cccc(O)c1. The molecule has 3 atom stereocenters. The van der Waals surface area contributed by atoms with E-state index >= 15 is 0 Å². The number of aryl methyl sites for hydroxylation is 1. The summed E-state index contributed by atoms with van der Waals surface area (Å²) in [4.78, 5) is 0. The fourth-order valence-corrected chi connectivity index (χ4v) is 4.17. The van der Waals surface area contributed by atoms with E-state index in [1.54, 1.807) is 6.07 Å². The van der Waals surface area contributed by atoms with Crippen molar-refractivity contribution in [2.45, 2.75) is 111 Å². The minimum Gasteiger partial charge on any atom is -0.508 e. The Morgan fingerprint density at radius 2 is 1.33 bits per heavy atom. The highest BCUT2D eigenvalue weighted by Gasteiger charge is 2.08. The summed E-state index contributed by atoms with van der Waals surface area (Å²) in [6.45, 7) is 9.60. The molecule has 0 heterocycles. The number of hydrogen-bond donors (Lipinski definition) is 1. The average Bonchev–Trinajstić information content (AvgIpc) is 2.64. The van der Waals surface area contributed by atoms with Gasteiger partial charge in [-0.1, -0.05) is 104 Å². The van der Waals surface area contributed by atoms with Crippen LogP contribution in [0, 0.1) is 17.8 Å². The fourth-order valence-electron chi connectivity index (χ4n) is 4.17. The Morgan fingerprint density at radius 1 is 0.741 bits per heavy atom.